The second-order valence-electron chi connectivity index (χ2n) is 6.82. The van der Waals surface area contributed by atoms with Crippen LogP contribution in [0.4, 0.5) is 5.95 Å². The van der Waals surface area contributed by atoms with Crippen molar-refractivity contribution in [2.75, 3.05) is 64.1 Å². The average Bonchev–Trinajstić information content (AvgIpc) is 3.20. The number of rotatable bonds is 5. The molecule has 8 heteroatoms. The van der Waals surface area contributed by atoms with Crippen molar-refractivity contribution in [1.82, 2.24) is 24.4 Å². The van der Waals surface area contributed by atoms with Gasteiger partial charge in [-0.1, -0.05) is 0 Å². The molecule has 2 aromatic heterocycles. The van der Waals surface area contributed by atoms with Crippen LogP contribution in [0.5, 0.6) is 0 Å². The Labute approximate surface area is 153 Å². The number of ether oxygens (including phenoxy) is 2. The van der Waals surface area contributed by atoms with Gasteiger partial charge in [-0.05, 0) is 6.92 Å². The van der Waals surface area contributed by atoms with Crippen molar-refractivity contribution in [2.45, 2.75) is 13.0 Å². The molecule has 0 aromatic carbocycles. The number of nitrogens with zero attached hydrogens (tertiary/aromatic N) is 6. The van der Waals surface area contributed by atoms with E-state index in [1.54, 1.807) is 0 Å². The molecule has 0 aliphatic carbocycles. The number of anilines is 1. The summed E-state index contributed by atoms with van der Waals surface area (Å²) < 4.78 is 13.0. The summed E-state index contributed by atoms with van der Waals surface area (Å²) in [7, 11) is 0. The second-order valence-corrected chi connectivity index (χ2v) is 6.82. The molecule has 0 saturated carbocycles. The Morgan fingerprint density at radius 2 is 1.62 bits per heavy atom. The summed E-state index contributed by atoms with van der Waals surface area (Å²) in [6.07, 6.45) is 7.58. The maximum Gasteiger partial charge on any atom is 0.225 e. The third-order valence-electron chi connectivity index (χ3n) is 4.99. The van der Waals surface area contributed by atoms with E-state index in [2.05, 4.69) is 36.2 Å². The van der Waals surface area contributed by atoms with Crippen molar-refractivity contribution < 1.29 is 9.47 Å². The molecule has 4 rings (SSSR count). The van der Waals surface area contributed by atoms with Gasteiger partial charge in [-0.2, -0.15) is 0 Å². The smallest absolute Gasteiger partial charge is 0.225 e. The molecule has 0 radical (unpaired) electrons. The molecule has 2 fully saturated rings. The van der Waals surface area contributed by atoms with Gasteiger partial charge in [-0.3, -0.25) is 4.90 Å². The zero-order chi connectivity index (χ0) is 17.8. The number of imidazole rings is 1. The molecule has 1 atom stereocenters. The molecule has 2 aromatic rings. The van der Waals surface area contributed by atoms with E-state index in [-0.39, 0.29) is 0 Å². The third kappa shape index (κ3) is 3.87. The van der Waals surface area contributed by atoms with Gasteiger partial charge in [-0.15, -0.1) is 0 Å². The summed E-state index contributed by atoms with van der Waals surface area (Å²) >= 11 is 0. The lowest BCUT2D eigenvalue weighted by Crippen LogP contribution is -2.39. The second kappa shape index (κ2) is 8.11. The summed E-state index contributed by atoms with van der Waals surface area (Å²) in [6.45, 7) is 9.98. The number of morpholine rings is 2. The molecular formula is C18H26N6O2. The standard InChI is InChI=1S/C18H26N6O2/c1-15(13-22-2-6-25-7-3-22)24-14-19-12-17(24)16-10-20-18(21-11-16)23-4-8-26-9-5-23/h10-12,14-15H,2-9,13H2,1H3. The summed E-state index contributed by atoms with van der Waals surface area (Å²) in [5.41, 5.74) is 2.05. The lowest BCUT2D eigenvalue weighted by molar-refractivity contribution is 0.0326. The Bertz CT molecular complexity index is 692. The van der Waals surface area contributed by atoms with Gasteiger partial charge in [0.1, 0.15) is 0 Å². The van der Waals surface area contributed by atoms with Crippen LogP contribution in [0.15, 0.2) is 24.9 Å². The summed E-state index contributed by atoms with van der Waals surface area (Å²) in [5.74, 6) is 0.768. The van der Waals surface area contributed by atoms with E-state index in [0.29, 0.717) is 6.04 Å². The molecule has 0 N–H and O–H groups in total. The first kappa shape index (κ1) is 17.4. The zero-order valence-corrected chi connectivity index (χ0v) is 15.3. The van der Waals surface area contributed by atoms with Crippen LogP contribution in [0, 0.1) is 0 Å². The summed E-state index contributed by atoms with van der Waals surface area (Å²) in [4.78, 5) is 18.1. The van der Waals surface area contributed by atoms with Crippen molar-refractivity contribution in [3.05, 3.63) is 24.9 Å². The summed E-state index contributed by atoms with van der Waals surface area (Å²) in [6, 6.07) is 0.324. The SMILES string of the molecule is CC(CN1CCOCC1)n1cncc1-c1cnc(N2CCOCC2)nc1. The van der Waals surface area contributed by atoms with Crippen LogP contribution in [-0.2, 0) is 9.47 Å². The first-order chi connectivity index (χ1) is 12.8. The van der Waals surface area contributed by atoms with Gasteiger partial charge >= 0.3 is 0 Å². The first-order valence-corrected chi connectivity index (χ1v) is 9.28. The minimum Gasteiger partial charge on any atom is -0.379 e. The average molecular weight is 358 g/mol. The van der Waals surface area contributed by atoms with Gasteiger partial charge < -0.3 is 18.9 Å². The normalized spacial score (nSPS) is 20.3. The lowest BCUT2D eigenvalue weighted by Gasteiger charge is -2.30. The zero-order valence-electron chi connectivity index (χ0n) is 15.3. The van der Waals surface area contributed by atoms with Gasteiger partial charge in [0.05, 0.1) is 44.6 Å². The number of hydrogen-bond donors (Lipinski definition) is 0. The van der Waals surface area contributed by atoms with Crippen molar-refractivity contribution in [3.8, 4) is 11.3 Å². The fraction of sp³-hybridized carbons (Fsp3) is 0.611. The highest BCUT2D eigenvalue weighted by Crippen LogP contribution is 2.23. The molecule has 0 amide bonds. The van der Waals surface area contributed by atoms with E-state index in [1.807, 2.05) is 24.9 Å². The van der Waals surface area contributed by atoms with Crippen molar-refractivity contribution >= 4 is 5.95 Å². The molecule has 0 bridgehead atoms. The van der Waals surface area contributed by atoms with Crippen LogP contribution in [0.3, 0.4) is 0 Å². The molecule has 2 aliphatic heterocycles. The molecule has 26 heavy (non-hydrogen) atoms. The molecule has 4 heterocycles. The fourth-order valence-electron chi connectivity index (χ4n) is 3.50. The van der Waals surface area contributed by atoms with Gasteiger partial charge in [0.25, 0.3) is 0 Å². The molecule has 1 unspecified atom stereocenters. The first-order valence-electron chi connectivity index (χ1n) is 9.28. The summed E-state index contributed by atoms with van der Waals surface area (Å²) in [5, 5.41) is 0. The molecular weight excluding hydrogens is 332 g/mol. The molecule has 0 spiro atoms. The highest BCUT2D eigenvalue weighted by atomic mass is 16.5. The van der Waals surface area contributed by atoms with Gasteiger partial charge in [0, 0.05) is 56.7 Å². The van der Waals surface area contributed by atoms with Gasteiger partial charge in [-0.25, -0.2) is 15.0 Å². The van der Waals surface area contributed by atoms with Crippen LogP contribution in [0.1, 0.15) is 13.0 Å². The molecule has 2 saturated heterocycles. The van der Waals surface area contributed by atoms with Crippen LogP contribution >= 0.6 is 0 Å². The van der Waals surface area contributed by atoms with Gasteiger partial charge in [0.2, 0.25) is 5.95 Å². The molecule has 2 aliphatic rings. The quantitative estimate of drug-likeness (QED) is 0.792. The third-order valence-corrected chi connectivity index (χ3v) is 4.99. The van der Waals surface area contributed by atoms with E-state index in [1.165, 1.54) is 0 Å². The van der Waals surface area contributed by atoms with E-state index < -0.39 is 0 Å². The Balaban J connectivity index is 1.47. The van der Waals surface area contributed by atoms with Crippen molar-refractivity contribution in [1.29, 1.82) is 0 Å². The largest absolute Gasteiger partial charge is 0.379 e. The van der Waals surface area contributed by atoms with Gasteiger partial charge in [0.15, 0.2) is 0 Å². The van der Waals surface area contributed by atoms with Crippen molar-refractivity contribution in [3.63, 3.8) is 0 Å². The topological polar surface area (TPSA) is 68.5 Å². The van der Waals surface area contributed by atoms with E-state index in [9.17, 15) is 0 Å². The minimum absolute atomic E-state index is 0.324. The van der Waals surface area contributed by atoms with E-state index >= 15 is 0 Å². The Hall–Kier alpha value is -2.03. The highest BCUT2D eigenvalue weighted by molar-refractivity contribution is 5.57. The Morgan fingerprint density at radius 3 is 2.31 bits per heavy atom. The van der Waals surface area contributed by atoms with Crippen molar-refractivity contribution in [2.24, 2.45) is 0 Å². The maximum atomic E-state index is 5.44. The monoisotopic (exact) mass is 358 g/mol. The maximum absolute atomic E-state index is 5.44. The van der Waals surface area contributed by atoms with E-state index in [4.69, 9.17) is 9.47 Å². The minimum atomic E-state index is 0.324. The molecule has 8 nitrogen and oxygen atoms in total. The lowest BCUT2D eigenvalue weighted by atomic mass is 10.2. The Morgan fingerprint density at radius 1 is 0.962 bits per heavy atom. The highest BCUT2D eigenvalue weighted by Gasteiger charge is 2.18. The van der Waals surface area contributed by atoms with Crippen LogP contribution in [0.25, 0.3) is 11.3 Å². The van der Waals surface area contributed by atoms with Crippen LogP contribution in [-0.4, -0.2) is 83.6 Å². The molecule has 140 valence electrons. The fourth-order valence-corrected chi connectivity index (χ4v) is 3.50. The number of hydrogen-bond acceptors (Lipinski definition) is 7. The number of aromatic nitrogens is 4. The Kier molecular flexibility index (Phi) is 5.42. The van der Waals surface area contributed by atoms with E-state index in [0.717, 1.165) is 76.4 Å². The van der Waals surface area contributed by atoms with Crippen LogP contribution in [0.2, 0.25) is 0 Å². The predicted molar refractivity (Wildman–Crippen MR) is 98.3 cm³/mol. The predicted octanol–water partition coefficient (Wildman–Crippen LogP) is 1.07. The van der Waals surface area contributed by atoms with Crippen LogP contribution < -0.4 is 4.90 Å².